The fourth-order valence-electron chi connectivity index (χ4n) is 1.95. The Labute approximate surface area is 195 Å². The van der Waals surface area contributed by atoms with Crippen molar-refractivity contribution in [2.75, 3.05) is 5.32 Å². The van der Waals surface area contributed by atoms with Crippen LogP contribution >= 0.6 is 86.2 Å². The molecule has 0 bridgehead atoms. The molecular weight excluding hydrogens is 539 g/mol. The van der Waals surface area contributed by atoms with E-state index in [0.717, 1.165) is 0 Å². The van der Waals surface area contributed by atoms with Crippen LogP contribution < -0.4 is 16.0 Å². The summed E-state index contributed by atoms with van der Waals surface area (Å²) in [7, 11) is 0. The number of nitrogens with one attached hydrogen (secondary N) is 3. The first-order valence-corrected chi connectivity index (χ1v) is 10.3. The number of alkyl halides is 3. The van der Waals surface area contributed by atoms with Gasteiger partial charge in [-0.1, -0.05) is 76.2 Å². The van der Waals surface area contributed by atoms with Gasteiger partial charge < -0.3 is 16.0 Å². The normalized spacial score (nSPS) is 12.2. The zero-order valence-corrected chi connectivity index (χ0v) is 19.4. The lowest BCUT2D eigenvalue weighted by atomic mass is 10.2. The zero-order valence-electron chi connectivity index (χ0n) is 13.2. The van der Waals surface area contributed by atoms with E-state index < -0.39 is 15.9 Å². The SMILES string of the molecule is O=C(N[C@@H](NC(=S)Nc1c(Cl)cccc1Cl)C(Cl)(Cl)Cl)c1ccccc1Br. The third kappa shape index (κ3) is 6.53. The summed E-state index contributed by atoms with van der Waals surface area (Å²) in [6.07, 6.45) is -1.14. The number of amides is 1. The molecule has 0 aliphatic rings. The van der Waals surface area contributed by atoms with Gasteiger partial charge in [-0.05, 0) is 52.4 Å². The number of hydrogen-bond donors (Lipinski definition) is 3. The Morgan fingerprint density at radius 3 is 2.15 bits per heavy atom. The van der Waals surface area contributed by atoms with Gasteiger partial charge in [0.2, 0.25) is 3.79 Å². The smallest absolute Gasteiger partial charge is 0.254 e. The van der Waals surface area contributed by atoms with Crippen LogP contribution in [-0.2, 0) is 0 Å². The summed E-state index contributed by atoms with van der Waals surface area (Å²) in [4.78, 5) is 12.5. The monoisotopic (exact) mass is 547 g/mol. The highest BCUT2D eigenvalue weighted by Crippen LogP contribution is 2.31. The summed E-state index contributed by atoms with van der Waals surface area (Å²) < 4.78 is -1.30. The molecule has 2 aromatic rings. The average molecular weight is 551 g/mol. The summed E-state index contributed by atoms with van der Waals surface area (Å²) in [6.45, 7) is 0. The van der Waals surface area contributed by atoms with Gasteiger partial charge in [-0.15, -0.1) is 0 Å². The molecule has 0 unspecified atom stereocenters. The molecule has 0 radical (unpaired) electrons. The van der Waals surface area contributed by atoms with Crippen molar-refractivity contribution in [2.24, 2.45) is 0 Å². The topological polar surface area (TPSA) is 53.2 Å². The Kier molecular flexibility index (Phi) is 8.31. The predicted molar refractivity (Wildman–Crippen MR) is 122 cm³/mol. The number of thiocarbonyl (C=S) groups is 1. The number of para-hydroxylation sites is 1. The van der Waals surface area contributed by atoms with E-state index in [2.05, 4.69) is 31.9 Å². The van der Waals surface area contributed by atoms with E-state index >= 15 is 0 Å². The van der Waals surface area contributed by atoms with Gasteiger partial charge in [0, 0.05) is 4.47 Å². The number of hydrogen-bond acceptors (Lipinski definition) is 2. The maximum Gasteiger partial charge on any atom is 0.254 e. The standard InChI is InChI=1S/C16H11BrCl5N3OS/c17-9-5-2-1-4-8(9)13(26)24-14(16(20,21)22)25-15(27)23-12-10(18)6-3-7-11(12)19/h1-7,14H,(H,24,26)(H2,23,25,27)/t14-/m0/s1. The molecule has 0 aliphatic heterocycles. The Balaban J connectivity index is 2.14. The van der Waals surface area contributed by atoms with Gasteiger partial charge in [0.25, 0.3) is 5.91 Å². The molecule has 0 spiro atoms. The molecule has 27 heavy (non-hydrogen) atoms. The summed E-state index contributed by atoms with van der Waals surface area (Å²) in [5.74, 6) is -0.468. The highest BCUT2D eigenvalue weighted by atomic mass is 79.9. The second kappa shape index (κ2) is 9.83. The quantitative estimate of drug-likeness (QED) is 0.242. The second-order valence-electron chi connectivity index (χ2n) is 5.12. The molecular formula is C16H11BrCl5N3OS. The number of halogens is 6. The number of anilines is 1. The van der Waals surface area contributed by atoms with Crippen molar-refractivity contribution >= 4 is 103 Å². The molecule has 2 rings (SSSR count). The number of carbonyl (C=O) groups is 1. The molecule has 4 nitrogen and oxygen atoms in total. The van der Waals surface area contributed by atoms with Crippen LogP contribution in [0.1, 0.15) is 10.4 Å². The lowest BCUT2D eigenvalue weighted by Gasteiger charge is -2.28. The summed E-state index contributed by atoms with van der Waals surface area (Å²) >= 11 is 38.7. The summed E-state index contributed by atoms with van der Waals surface area (Å²) in [5, 5.41) is 8.92. The predicted octanol–water partition coefficient (Wildman–Crippen LogP) is 6.17. The van der Waals surface area contributed by atoms with Crippen molar-refractivity contribution in [3.05, 3.63) is 62.5 Å². The molecule has 2 aromatic carbocycles. The van der Waals surface area contributed by atoms with Gasteiger partial charge in [0.1, 0.15) is 6.17 Å². The molecule has 0 saturated heterocycles. The fourth-order valence-corrected chi connectivity index (χ4v) is 3.46. The molecule has 1 atom stereocenters. The van der Waals surface area contributed by atoms with Crippen LogP contribution in [0.3, 0.4) is 0 Å². The molecule has 1 amide bonds. The fraction of sp³-hybridized carbons (Fsp3) is 0.125. The Morgan fingerprint density at radius 1 is 1.00 bits per heavy atom. The summed E-state index contributed by atoms with van der Waals surface area (Å²) in [5.41, 5.74) is 0.755. The van der Waals surface area contributed by atoms with Crippen molar-refractivity contribution in [3.63, 3.8) is 0 Å². The van der Waals surface area contributed by atoms with E-state index in [0.29, 0.717) is 25.8 Å². The van der Waals surface area contributed by atoms with Crippen LogP contribution in [0.25, 0.3) is 0 Å². The van der Waals surface area contributed by atoms with E-state index in [1.807, 2.05) is 0 Å². The van der Waals surface area contributed by atoms with Crippen LogP contribution in [-0.4, -0.2) is 21.0 Å². The Morgan fingerprint density at radius 2 is 1.59 bits per heavy atom. The van der Waals surface area contributed by atoms with Crippen molar-refractivity contribution in [1.82, 2.24) is 10.6 Å². The van der Waals surface area contributed by atoms with E-state index in [4.69, 9.17) is 70.2 Å². The highest BCUT2D eigenvalue weighted by molar-refractivity contribution is 9.10. The van der Waals surface area contributed by atoms with E-state index in [9.17, 15) is 4.79 Å². The van der Waals surface area contributed by atoms with Gasteiger partial charge in [-0.3, -0.25) is 4.79 Å². The Hall–Kier alpha value is -0.470. The first-order valence-electron chi connectivity index (χ1n) is 7.23. The van der Waals surface area contributed by atoms with Crippen molar-refractivity contribution < 1.29 is 4.79 Å². The molecule has 11 heteroatoms. The van der Waals surface area contributed by atoms with Gasteiger partial charge in [-0.25, -0.2) is 0 Å². The van der Waals surface area contributed by atoms with E-state index in [1.165, 1.54) is 0 Å². The lowest BCUT2D eigenvalue weighted by Crippen LogP contribution is -2.56. The molecule has 0 heterocycles. The van der Waals surface area contributed by atoms with E-state index in [1.54, 1.807) is 42.5 Å². The second-order valence-corrected chi connectivity index (χ2v) is 9.57. The first-order chi connectivity index (χ1) is 12.6. The zero-order chi connectivity index (χ0) is 20.2. The van der Waals surface area contributed by atoms with Crippen molar-refractivity contribution in [2.45, 2.75) is 9.96 Å². The van der Waals surface area contributed by atoms with Gasteiger partial charge in [0.15, 0.2) is 5.11 Å². The average Bonchev–Trinajstić information content (AvgIpc) is 2.57. The van der Waals surface area contributed by atoms with Gasteiger partial charge >= 0.3 is 0 Å². The number of benzene rings is 2. The van der Waals surface area contributed by atoms with Crippen molar-refractivity contribution in [3.8, 4) is 0 Å². The van der Waals surface area contributed by atoms with Crippen LogP contribution in [0, 0.1) is 0 Å². The Bertz CT molecular complexity index is 842. The first kappa shape index (κ1) is 22.8. The lowest BCUT2D eigenvalue weighted by molar-refractivity contribution is 0.0934. The number of carbonyl (C=O) groups excluding carboxylic acids is 1. The van der Waals surface area contributed by atoms with E-state index in [-0.39, 0.29) is 5.11 Å². The van der Waals surface area contributed by atoms with Crippen molar-refractivity contribution in [1.29, 1.82) is 0 Å². The third-order valence-electron chi connectivity index (χ3n) is 3.20. The molecule has 3 N–H and O–H groups in total. The minimum atomic E-state index is -1.90. The molecule has 0 fully saturated rings. The minimum Gasteiger partial charge on any atom is -0.339 e. The summed E-state index contributed by atoms with van der Waals surface area (Å²) in [6, 6.07) is 11.8. The van der Waals surface area contributed by atoms with Gasteiger partial charge in [0.05, 0.1) is 21.3 Å². The maximum atomic E-state index is 12.5. The molecule has 0 saturated carbocycles. The molecule has 0 aliphatic carbocycles. The maximum absolute atomic E-state index is 12.5. The van der Waals surface area contributed by atoms with Crippen LogP contribution in [0.15, 0.2) is 46.9 Å². The third-order valence-corrected chi connectivity index (χ3v) is 5.39. The van der Waals surface area contributed by atoms with Crippen LogP contribution in [0.5, 0.6) is 0 Å². The van der Waals surface area contributed by atoms with Gasteiger partial charge in [-0.2, -0.15) is 0 Å². The van der Waals surface area contributed by atoms with Crippen LogP contribution in [0.2, 0.25) is 10.0 Å². The minimum absolute atomic E-state index is 0.0498. The largest absolute Gasteiger partial charge is 0.339 e. The van der Waals surface area contributed by atoms with Crippen LogP contribution in [0.4, 0.5) is 5.69 Å². The number of rotatable bonds is 4. The highest BCUT2D eigenvalue weighted by Gasteiger charge is 2.35. The molecule has 0 aromatic heterocycles. The molecule has 144 valence electrons.